The highest BCUT2D eigenvalue weighted by Gasteiger charge is 2.41. The lowest BCUT2D eigenvalue weighted by atomic mass is 9.60. The number of hydrogen-bond acceptors (Lipinski definition) is 2. The molecule has 0 aromatic heterocycles. The van der Waals surface area contributed by atoms with Crippen LogP contribution in [0.1, 0.15) is 26.7 Å². The van der Waals surface area contributed by atoms with E-state index in [0.717, 1.165) is 24.2 Å². The standard InChI is InChI=1S/C14H20N2/c1-13(7-3-11(15)4-8-13)14(2)9-5-12(16)6-10-14/h3-7,9H,8,10,15-16H2,1-2H3. The average molecular weight is 216 g/mol. The smallest absolute Gasteiger partial charge is 0.0270 e. The minimum absolute atomic E-state index is 0.129. The zero-order valence-corrected chi connectivity index (χ0v) is 10.0. The van der Waals surface area contributed by atoms with E-state index in [4.69, 9.17) is 11.5 Å². The predicted octanol–water partition coefficient (Wildman–Crippen LogP) is 2.60. The third-order valence-corrected chi connectivity index (χ3v) is 4.12. The molecule has 2 aliphatic rings. The Labute approximate surface area is 97.4 Å². The average Bonchev–Trinajstić information content (AvgIpc) is 2.27. The second-order valence-electron chi connectivity index (χ2n) is 5.32. The van der Waals surface area contributed by atoms with E-state index in [9.17, 15) is 0 Å². The Kier molecular flexibility index (Phi) is 2.45. The van der Waals surface area contributed by atoms with Crippen molar-refractivity contribution in [2.75, 3.05) is 0 Å². The Balaban J connectivity index is 2.26. The van der Waals surface area contributed by atoms with Gasteiger partial charge in [0, 0.05) is 11.4 Å². The zero-order chi connectivity index (χ0) is 11.8. The van der Waals surface area contributed by atoms with Crippen LogP contribution in [-0.2, 0) is 0 Å². The van der Waals surface area contributed by atoms with Crippen molar-refractivity contribution in [3.05, 3.63) is 47.9 Å². The highest BCUT2D eigenvalue weighted by Crippen LogP contribution is 2.50. The van der Waals surface area contributed by atoms with E-state index >= 15 is 0 Å². The summed E-state index contributed by atoms with van der Waals surface area (Å²) in [5.74, 6) is 0. The molecule has 0 heterocycles. The van der Waals surface area contributed by atoms with Crippen LogP contribution in [0.5, 0.6) is 0 Å². The van der Waals surface area contributed by atoms with Gasteiger partial charge in [-0.15, -0.1) is 0 Å². The molecule has 2 aliphatic carbocycles. The topological polar surface area (TPSA) is 52.0 Å². The summed E-state index contributed by atoms with van der Waals surface area (Å²) >= 11 is 0. The van der Waals surface area contributed by atoms with Crippen molar-refractivity contribution in [2.45, 2.75) is 26.7 Å². The van der Waals surface area contributed by atoms with Crippen LogP contribution in [0.2, 0.25) is 0 Å². The van der Waals surface area contributed by atoms with Crippen LogP contribution < -0.4 is 11.5 Å². The van der Waals surface area contributed by atoms with Crippen LogP contribution in [0.4, 0.5) is 0 Å². The molecule has 0 aromatic carbocycles. The van der Waals surface area contributed by atoms with E-state index in [1.54, 1.807) is 0 Å². The molecular formula is C14H20N2. The molecule has 0 amide bonds. The van der Waals surface area contributed by atoms with Crippen molar-refractivity contribution in [1.82, 2.24) is 0 Å². The normalized spacial score (nSPS) is 38.1. The van der Waals surface area contributed by atoms with E-state index in [1.807, 2.05) is 12.2 Å². The van der Waals surface area contributed by atoms with Crippen LogP contribution in [0.15, 0.2) is 47.9 Å². The first kappa shape index (κ1) is 11.1. The molecule has 2 unspecified atom stereocenters. The third-order valence-electron chi connectivity index (χ3n) is 4.12. The Hall–Kier alpha value is -1.44. The Morgan fingerprint density at radius 2 is 1.25 bits per heavy atom. The maximum absolute atomic E-state index is 5.77. The van der Waals surface area contributed by atoms with Crippen molar-refractivity contribution in [2.24, 2.45) is 22.3 Å². The first-order chi connectivity index (χ1) is 7.45. The van der Waals surface area contributed by atoms with Crippen molar-refractivity contribution in [3.63, 3.8) is 0 Å². The molecule has 4 N–H and O–H groups in total. The minimum Gasteiger partial charge on any atom is -0.399 e. The molecule has 2 heteroatoms. The van der Waals surface area contributed by atoms with Crippen molar-refractivity contribution < 1.29 is 0 Å². The van der Waals surface area contributed by atoms with Crippen LogP contribution >= 0.6 is 0 Å². The highest BCUT2D eigenvalue weighted by atomic mass is 14.6. The molecule has 0 radical (unpaired) electrons. The maximum atomic E-state index is 5.77. The summed E-state index contributed by atoms with van der Waals surface area (Å²) in [7, 11) is 0. The molecule has 2 nitrogen and oxygen atoms in total. The van der Waals surface area contributed by atoms with Gasteiger partial charge in [0.1, 0.15) is 0 Å². The van der Waals surface area contributed by atoms with Gasteiger partial charge in [0.15, 0.2) is 0 Å². The van der Waals surface area contributed by atoms with Crippen molar-refractivity contribution >= 4 is 0 Å². The second kappa shape index (κ2) is 3.55. The van der Waals surface area contributed by atoms with Gasteiger partial charge in [-0.25, -0.2) is 0 Å². The van der Waals surface area contributed by atoms with Crippen LogP contribution in [0.25, 0.3) is 0 Å². The molecule has 0 aromatic rings. The molecule has 0 saturated carbocycles. The largest absolute Gasteiger partial charge is 0.399 e. The molecule has 0 fully saturated rings. The van der Waals surface area contributed by atoms with Gasteiger partial charge in [0.05, 0.1) is 0 Å². The second-order valence-corrected chi connectivity index (χ2v) is 5.32. The highest BCUT2D eigenvalue weighted by molar-refractivity contribution is 5.32. The van der Waals surface area contributed by atoms with Gasteiger partial charge in [-0.3, -0.25) is 0 Å². The first-order valence-corrected chi connectivity index (χ1v) is 5.75. The molecule has 0 spiro atoms. The van der Waals surface area contributed by atoms with Crippen LogP contribution in [-0.4, -0.2) is 0 Å². The van der Waals surface area contributed by atoms with Crippen molar-refractivity contribution in [1.29, 1.82) is 0 Å². The lowest BCUT2D eigenvalue weighted by Gasteiger charge is -2.44. The lowest BCUT2D eigenvalue weighted by molar-refractivity contribution is 0.182. The van der Waals surface area contributed by atoms with E-state index in [1.165, 1.54) is 0 Å². The number of hydrogen-bond donors (Lipinski definition) is 2. The fraction of sp³-hybridized carbons (Fsp3) is 0.429. The van der Waals surface area contributed by atoms with Gasteiger partial charge in [-0.1, -0.05) is 38.2 Å². The fourth-order valence-corrected chi connectivity index (χ4v) is 2.34. The van der Waals surface area contributed by atoms with E-state index in [0.29, 0.717) is 0 Å². The molecule has 2 rings (SSSR count). The maximum Gasteiger partial charge on any atom is 0.0270 e. The SMILES string of the molecule is CC1(C2(C)C=CC(N)=CC2)C=CC(N)=CC1. The molecule has 0 saturated heterocycles. The van der Waals surface area contributed by atoms with Gasteiger partial charge in [-0.2, -0.15) is 0 Å². The zero-order valence-electron chi connectivity index (χ0n) is 10.0. The molecule has 86 valence electrons. The molecule has 2 atom stereocenters. The van der Waals surface area contributed by atoms with Gasteiger partial charge in [-0.05, 0) is 35.8 Å². The summed E-state index contributed by atoms with van der Waals surface area (Å²) in [6, 6.07) is 0. The van der Waals surface area contributed by atoms with E-state index in [2.05, 4.69) is 38.2 Å². The monoisotopic (exact) mass is 216 g/mol. The van der Waals surface area contributed by atoms with E-state index in [-0.39, 0.29) is 10.8 Å². The molecule has 0 bridgehead atoms. The summed E-state index contributed by atoms with van der Waals surface area (Å²) in [5, 5.41) is 0. The number of allylic oxidation sites excluding steroid dienone is 6. The Morgan fingerprint density at radius 1 is 0.875 bits per heavy atom. The molecule has 16 heavy (non-hydrogen) atoms. The lowest BCUT2D eigenvalue weighted by Crippen LogP contribution is -2.36. The first-order valence-electron chi connectivity index (χ1n) is 5.75. The van der Waals surface area contributed by atoms with E-state index < -0.39 is 0 Å². The summed E-state index contributed by atoms with van der Waals surface area (Å²) in [5.41, 5.74) is 13.5. The summed E-state index contributed by atoms with van der Waals surface area (Å²) in [4.78, 5) is 0. The molecule has 0 aliphatic heterocycles. The quantitative estimate of drug-likeness (QED) is 0.708. The summed E-state index contributed by atoms with van der Waals surface area (Å²) in [6.45, 7) is 4.57. The predicted molar refractivity (Wildman–Crippen MR) is 68.3 cm³/mol. The van der Waals surface area contributed by atoms with Crippen LogP contribution in [0.3, 0.4) is 0 Å². The summed E-state index contributed by atoms with van der Waals surface area (Å²) in [6.07, 6.45) is 14.7. The fourth-order valence-electron chi connectivity index (χ4n) is 2.34. The van der Waals surface area contributed by atoms with Crippen molar-refractivity contribution in [3.8, 4) is 0 Å². The Morgan fingerprint density at radius 3 is 1.50 bits per heavy atom. The van der Waals surface area contributed by atoms with Gasteiger partial charge in [0.25, 0.3) is 0 Å². The number of rotatable bonds is 1. The van der Waals surface area contributed by atoms with Crippen LogP contribution in [0, 0.1) is 10.8 Å². The molecular weight excluding hydrogens is 196 g/mol. The summed E-state index contributed by atoms with van der Waals surface area (Å²) < 4.78 is 0. The van der Waals surface area contributed by atoms with Gasteiger partial charge >= 0.3 is 0 Å². The van der Waals surface area contributed by atoms with Gasteiger partial charge < -0.3 is 11.5 Å². The minimum atomic E-state index is 0.129. The Bertz CT molecular complexity index is 374. The van der Waals surface area contributed by atoms with Gasteiger partial charge in [0.2, 0.25) is 0 Å². The third kappa shape index (κ3) is 1.69. The number of nitrogens with two attached hydrogens (primary N) is 2.